The summed E-state index contributed by atoms with van der Waals surface area (Å²) in [7, 11) is 0. The van der Waals surface area contributed by atoms with E-state index in [1.807, 2.05) is 19.9 Å². The van der Waals surface area contributed by atoms with Crippen LogP contribution in [0.5, 0.6) is 5.75 Å². The number of halogens is 2. The summed E-state index contributed by atoms with van der Waals surface area (Å²) in [5, 5.41) is 1.19. The molecule has 19 heavy (non-hydrogen) atoms. The summed E-state index contributed by atoms with van der Waals surface area (Å²) in [5.74, 6) is 7.55. The van der Waals surface area contributed by atoms with Crippen molar-refractivity contribution in [2.24, 2.45) is 5.92 Å². The predicted octanol–water partition coefficient (Wildman–Crippen LogP) is 5.55. The van der Waals surface area contributed by atoms with E-state index < -0.39 is 0 Å². The Bertz CT molecular complexity index is 486. The summed E-state index contributed by atoms with van der Waals surface area (Å²) in [5.41, 5.74) is 1.03. The molecule has 2 atom stereocenters. The number of benzene rings is 1. The van der Waals surface area contributed by atoms with E-state index in [0.29, 0.717) is 16.7 Å². The molecule has 0 aliphatic rings. The fraction of sp³-hybridized carbons (Fsp3) is 0.500. The highest BCUT2D eigenvalue weighted by atomic mass is 35.5. The number of hydrogen-bond donors (Lipinski definition) is 0. The van der Waals surface area contributed by atoms with Crippen molar-refractivity contribution < 1.29 is 4.74 Å². The van der Waals surface area contributed by atoms with E-state index in [4.69, 9.17) is 27.9 Å². The molecule has 104 valence electrons. The molecule has 1 nitrogen and oxygen atoms in total. The molecule has 0 spiro atoms. The monoisotopic (exact) mass is 298 g/mol. The Morgan fingerprint density at radius 2 is 1.89 bits per heavy atom. The second kappa shape index (κ2) is 7.68. The highest BCUT2D eigenvalue weighted by Crippen LogP contribution is 2.39. The quantitative estimate of drug-likeness (QED) is 0.663. The van der Waals surface area contributed by atoms with Gasteiger partial charge in [-0.3, -0.25) is 0 Å². The Morgan fingerprint density at radius 1 is 1.21 bits per heavy atom. The van der Waals surface area contributed by atoms with Crippen LogP contribution in [0.4, 0.5) is 0 Å². The van der Waals surface area contributed by atoms with Crippen LogP contribution in [0.25, 0.3) is 0 Å². The van der Waals surface area contributed by atoms with Gasteiger partial charge in [-0.2, -0.15) is 0 Å². The summed E-state index contributed by atoms with van der Waals surface area (Å²) in [6.45, 7) is 8.80. The minimum Gasteiger partial charge on any atom is -0.492 e. The molecule has 1 aromatic rings. The van der Waals surface area contributed by atoms with Crippen molar-refractivity contribution in [3.05, 3.63) is 27.7 Å². The molecular weight excluding hydrogens is 279 g/mol. The molecule has 0 fully saturated rings. The average molecular weight is 299 g/mol. The van der Waals surface area contributed by atoms with Gasteiger partial charge in [0.05, 0.1) is 11.6 Å². The van der Waals surface area contributed by atoms with Crippen LogP contribution in [0.2, 0.25) is 10.0 Å². The molecule has 0 aliphatic heterocycles. The molecule has 0 bridgehead atoms. The average Bonchev–Trinajstić information content (AvgIpc) is 2.38. The molecule has 0 amide bonds. The van der Waals surface area contributed by atoms with Crippen LogP contribution in [-0.2, 0) is 0 Å². The zero-order chi connectivity index (χ0) is 14.4. The SMILES string of the molecule is CCC#CC(C)C(C)c1cc(Cl)cc(Cl)c1OCC. The largest absolute Gasteiger partial charge is 0.492 e. The lowest BCUT2D eigenvalue weighted by atomic mass is 9.88. The van der Waals surface area contributed by atoms with Gasteiger partial charge in [0.2, 0.25) is 0 Å². The normalized spacial score (nSPS) is 13.4. The molecule has 0 N–H and O–H groups in total. The van der Waals surface area contributed by atoms with Crippen LogP contribution in [-0.4, -0.2) is 6.61 Å². The number of rotatable bonds is 4. The second-order valence-electron chi connectivity index (χ2n) is 4.49. The lowest BCUT2D eigenvalue weighted by Gasteiger charge is -2.20. The van der Waals surface area contributed by atoms with Gasteiger partial charge in [-0.1, -0.05) is 49.9 Å². The summed E-state index contributed by atoms with van der Waals surface area (Å²) in [4.78, 5) is 0. The van der Waals surface area contributed by atoms with E-state index in [1.165, 1.54) is 0 Å². The van der Waals surface area contributed by atoms with Gasteiger partial charge in [0.1, 0.15) is 5.75 Å². The van der Waals surface area contributed by atoms with E-state index in [9.17, 15) is 0 Å². The van der Waals surface area contributed by atoms with Crippen molar-refractivity contribution in [1.82, 2.24) is 0 Å². The molecule has 0 saturated heterocycles. The van der Waals surface area contributed by atoms with E-state index >= 15 is 0 Å². The second-order valence-corrected chi connectivity index (χ2v) is 5.33. The molecule has 3 heteroatoms. The molecule has 0 radical (unpaired) electrons. The minimum atomic E-state index is 0.219. The van der Waals surface area contributed by atoms with Crippen LogP contribution in [0.3, 0.4) is 0 Å². The van der Waals surface area contributed by atoms with Crippen molar-refractivity contribution in [3.63, 3.8) is 0 Å². The molecule has 2 unspecified atom stereocenters. The Labute approximate surface area is 126 Å². The van der Waals surface area contributed by atoms with Crippen LogP contribution in [0.1, 0.15) is 45.6 Å². The lowest BCUT2D eigenvalue weighted by Crippen LogP contribution is -2.07. The maximum absolute atomic E-state index is 6.22. The fourth-order valence-electron chi connectivity index (χ4n) is 1.87. The number of ether oxygens (including phenoxy) is 1. The topological polar surface area (TPSA) is 9.23 Å². The van der Waals surface area contributed by atoms with Gasteiger partial charge in [-0.05, 0) is 25.0 Å². The molecule has 0 saturated carbocycles. The summed E-state index contributed by atoms with van der Waals surface area (Å²) in [6, 6.07) is 3.64. The van der Waals surface area contributed by atoms with Gasteiger partial charge in [0.25, 0.3) is 0 Å². The van der Waals surface area contributed by atoms with Gasteiger partial charge in [-0.25, -0.2) is 0 Å². The third-order valence-electron chi connectivity index (χ3n) is 3.07. The van der Waals surface area contributed by atoms with E-state index in [-0.39, 0.29) is 11.8 Å². The maximum atomic E-state index is 6.22. The van der Waals surface area contributed by atoms with Gasteiger partial charge in [0.15, 0.2) is 0 Å². The first-order chi connectivity index (χ1) is 9.01. The van der Waals surface area contributed by atoms with Crippen molar-refractivity contribution in [2.45, 2.75) is 40.0 Å². The summed E-state index contributed by atoms with van der Waals surface area (Å²) >= 11 is 12.3. The third kappa shape index (κ3) is 4.34. The third-order valence-corrected chi connectivity index (χ3v) is 3.57. The van der Waals surface area contributed by atoms with Gasteiger partial charge >= 0.3 is 0 Å². The van der Waals surface area contributed by atoms with Crippen molar-refractivity contribution >= 4 is 23.2 Å². The van der Waals surface area contributed by atoms with Gasteiger partial charge in [0, 0.05) is 22.9 Å². The van der Waals surface area contributed by atoms with Crippen molar-refractivity contribution in [1.29, 1.82) is 0 Å². The lowest BCUT2D eigenvalue weighted by molar-refractivity contribution is 0.333. The van der Waals surface area contributed by atoms with Crippen LogP contribution >= 0.6 is 23.2 Å². The predicted molar refractivity (Wildman–Crippen MR) is 83.3 cm³/mol. The summed E-state index contributed by atoms with van der Waals surface area (Å²) in [6.07, 6.45) is 0.867. The smallest absolute Gasteiger partial charge is 0.141 e. The maximum Gasteiger partial charge on any atom is 0.141 e. The standard InChI is InChI=1S/C16H20Cl2O/c1-5-7-8-11(3)12(4)14-9-13(17)10-15(18)16(14)19-6-2/h9-12H,5-6H2,1-4H3. The van der Waals surface area contributed by atoms with Crippen LogP contribution < -0.4 is 4.74 Å². The zero-order valence-corrected chi connectivity index (χ0v) is 13.4. The molecule has 0 aliphatic carbocycles. The first kappa shape index (κ1) is 16.2. The van der Waals surface area contributed by atoms with E-state index in [1.54, 1.807) is 6.07 Å². The highest BCUT2D eigenvalue weighted by molar-refractivity contribution is 6.35. The zero-order valence-electron chi connectivity index (χ0n) is 11.9. The first-order valence-corrected chi connectivity index (χ1v) is 7.36. The number of hydrogen-bond acceptors (Lipinski definition) is 1. The Kier molecular flexibility index (Phi) is 6.55. The first-order valence-electron chi connectivity index (χ1n) is 6.61. The van der Waals surface area contributed by atoms with Gasteiger partial charge < -0.3 is 4.74 Å². The van der Waals surface area contributed by atoms with E-state index in [2.05, 4.69) is 25.7 Å². The summed E-state index contributed by atoms with van der Waals surface area (Å²) < 4.78 is 5.66. The minimum absolute atomic E-state index is 0.219. The fourth-order valence-corrected chi connectivity index (χ4v) is 2.44. The molecular formula is C16H20Cl2O. The van der Waals surface area contributed by atoms with E-state index in [0.717, 1.165) is 17.7 Å². The van der Waals surface area contributed by atoms with Crippen LogP contribution in [0, 0.1) is 17.8 Å². The molecule has 0 aromatic heterocycles. The molecule has 1 rings (SSSR count). The Morgan fingerprint density at radius 3 is 2.47 bits per heavy atom. The molecule has 0 heterocycles. The van der Waals surface area contributed by atoms with Crippen molar-refractivity contribution in [2.75, 3.05) is 6.61 Å². The highest BCUT2D eigenvalue weighted by Gasteiger charge is 2.20. The van der Waals surface area contributed by atoms with Crippen molar-refractivity contribution in [3.8, 4) is 17.6 Å². The molecule has 1 aromatic carbocycles. The van der Waals surface area contributed by atoms with Gasteiger partial charge in [-0.15, -0.1) is 5.92 Å². The van der Waals surface area contributed by atoms with Crippen LogP contribution in [0.15, 0.2) is 12.1 Å². The Balaban J connectivity index is 3.16. The Hall–Kier alpha value is -0.840.